The van der Waals surface area contributed by atoms with Crippen LogP contribution >= 0.6 is 0 Å². The Kier molecular flexibility index (Phi) is 5.64. The van der Waals surface area contributed by atoms with Crippen molar-refractivity contribution in [3.05, 3.63) is 53.3 Å². The van der Waals surface area contributed by atoms with Gasteiger partial charge in [-0.05, 0) is 44.0 Å². The highest BCUT2D eigenvalue weighted by Gasteiger charge is 2.07. The predicted octanol–water partition coefficient (Wildman–Crippen LogP) is 3.12. The van der Waals surface area contributed by atoms with Crippen LogP contribution in [0.5, 0.6) is 5.75 Å². The second kappa shape index (κ2) is 7.69. The van der Waals surface area contributed by atoms with Crippen LogP contribution in [-0.2, 0) is 18.4 Å². The van der Waals surface area contributed by atoms with Crippen molar-refractivity contribution in [2.75, 3.05) is 6.61 Å². The van der Waals surface area contributed by atoms with Gasteiger partial charge in [-0.3, -0.25) is 4.79 Å². The van der Waals surface area contributed by atoms with Gasteiger partial charge in [0.05, 0.1) is 6.61 Å². The Morgan fingerprint density at radius 3 is 2.59 bits per heavy atom. The van der Waals surface area contributed by atoms with Crippen LogP contribution in [0, 0.1) is 13.8 Å². The molecule has 0 radical (unpaired) electrons. The van der Waals surface area contributed by atoms with Gasteiger partial charge in [0.2, 0.25) is 5.91 Å². The number of nitrogens with one attached hydrogen (secondary N) is 1. The second-order valence-electron chi connectivity index (χ2n) is 5.50. The first-order valence-corrected chi connectivity index (χ1v) is 7.64. The van der Waals surface area contributed by atoms with Crippen molar-refractivity contribution in [2.45, 2.75) is 33.2 Å². The lowest BCUT2D eigenvalue weighted by Crippen LogP contribution is -2.23. The summed E-state index contributed by atoms with van der Waals surface area (Å²) >= 11 is 0. The lowest BCUT2D eigenvalue weighted by molar-refractivity contribution is -0.121. The highest BCUT2D eigenvalue weighted by molar-refractivity contribution is 5.75. The maximum absolute atomic E-state index is 11.9. The maximum Gasteiger partial charge on any atom is 0.220 e. The number of carbonyl (C=O) groups is 1. The van der Waals surface area contributed by atoms with Crippen LogP contribution in [-0.4, -0.2) is 17.1 Å². The van der Waals surface area contributed by atoms with Crippen molar-refractivity contribution in [1.29, 1.82) is 0 Å². The molecule has 0 bridgehead atoms. The van der Waals surface area contributed by atoms with Crippen molar-refractivity contribution >= 4 is 5.91 Å². The SMILES string of the molecule is Cc1cc(CNC(=O)CCCOc2ccccc2)c(C)n1C. The molecule has 0 aliphatic heterocycles. The van der Waals surface area contributed by atoms with Gasteiger partial charge in [-0.2, -0.15) is 0 Å². The van der Waals surface area contributed by atoms with E-state index in [9.17, 15) is 4.79 Å². The highest BCUT2D eigenvalue weighted by Crippen LogP contribution is 2.13. The monoisotopic (exact) mass is 300 g/mol. The summed E-state index contributed by atoms with van der Waals surface area (Å²) in [5, 5.41) is 2.97. The van der Waals surface area contributed by atoms with Crippen LogP contribution in [0.3, 0.4) is 0 Å². The Bertz CT molecular complexity index is 618. The lowest BCUT2D eigenvalue weighted by atomic mass is 10.2. The van der Waals surface area contributed by atoms with Gasteiger partial charge in [0.25, 0.3) is 0 Å². The third kappa shape index (κ3) is 4.38. The first-order chi connectivity index (χ1) is 10.6. The minimum absolute atomic E-state index is 0.0672. The number of amides is 1. The smallest absolute Gasteiger partial charge is 0.220 e. The zero-order chi connectivity index (χ0) is 15.9. The van der Waals surface area contributed by atoms with E-state index in [0.29, 0.717) is 26.0 Å². The first-order valence-electron chi connectivity index (χ1n) is 7.64. The summed E-state index contributed by atoms with van der Waals surface area (Å²) in [5.41, 5.74) is 3.58. The zero-order valence-electron chi connectivity index (χ0n) is 13.6. The van der Waals surface area contributed by atoms with E-state index < -0.39 is 0 Å². The molecule has 0 aliphatic carbocycles. The molecule has 0 saturated carbocycles. The summed E-state index contributed by atoms with van der Waals surface area (Å²) in [6.45, 7) is 5.29. The summed E-state index contributed by atoms with van der Waals surface area (Å²) in [5.74, 6) is 0.913. The van der Waals surface area contributed by atoms with E-state index in [-0.39, 0.29) is 5.91 Å². The van der Waals surface area contributed by atoms with E-state index >= 15 is 0 Å². The Labute approximate surface area is 132 Å². The molecule has 1 heterocycles. The van der Waals surface area contributed by atoms with Gasteiger partial charge < -0.3 is 14.6 Å². The third-order valence-corrected chi connectivity index (χ3v) is 3.92. The van der Waals surface area contributed by atoms with E-state index in [1.165, 1.54) is 17.0 Å². The predicted molar refractivity (Wildman–Crippen MR) is 87.9 cm³/mol. The molecule has 0 saturated heterocycles. The van der Waals surface area contributed by atoms with E-state index in [4.69, 9.17) is 4.74 Å². The fourth-order valence-corrected chi connectivity index (χ4v) is 2.33. The number of benzene rings is 1. The number of para-hydroxylation sites is 1. The molecule has 1 amide bonds. The van der Waals surface area contributed by atoms with E-state index in [0.717, 1.165) is 5.75 Å². The molecule has 4 nitrogen and oxygen atoms in total. The third-order valence-electron chi connectivity index (χ3n) is 3.92. The average Bonchev–Trinajstić information content (AvgIpc) is 2.78. The number of carbonyl (C=O) groups excluding carboxylic acids is 1. The van der Waals surface area contributed by atoms with Crippen molar-refractivity contribution < 1.29 is 9.53 Å². The summed E-state index contributed by atoms with van der Waals surface area (Å²) in [7, 11) is 2.04. The number of ether oxygens (including phenoxy) is 1. The molecule has 118 valence electrons. The second-order valence-corrected chi connectivity index (χ2v) is 5.50. The number of aromatic nitrogens is 1. The van der Waals surface area contributed by atoms with E-state index in [1.54, 1.807) is 0 Å². The van der Waals surface area contributed by atoms with Crippen LogP contribution in [0.2, 0.25) is 0 Å². The molecule has 0 spiro atoms. The molecule has 1 aromatic carbocycles. The molecule has 1 N–H and O–H groups in total. The zero-order valence-corrected chi connectivity index (χ0v) is 13.6. The minimum Gasteiger partial charge on any atom is -0.494 e. The van der Waals surface area contributed by atoms with E-state index in [2.05, 4.69) is 29.8 Å². The summed E-state index contributed by atoms with van der Waals surface area (Å²) in [6.07, 6.45) is 1.20. The highest BCUT2D eigenvalue weighted by atomic mass is 16.5. The van der Waals surface area contributed by atoms with Gasteiger partial charge >= 0.3 is 0 Å². The lowest BCUT2D eigenvalue weighted by Gasteiger charge is -2.07. The number of hydrogen-bond donors (Lipinski definition) is 1. The van der Waals surface area contributed by atoms with Gasteiger partial charge in [-0.15, -0.1) is 0 Å². The first kappa shape index (κ1) is 16.1. The molecule has 1 aromatic heterocycles. The normalized spacial score (nSPS) is 10.5. The maximum atomic E-state index is 11.9. The molecule has 4 heteroatoms. The van der Waals surface area contributed by atoms with Crippen LogP contribution in [0.25, 0.3) is 0 Å². The molecule has 2 aromatic rings. The Morgan fingerprint density at radius 2 is 1.95 bits per heavy atom. The Hall–Kier alpha value is -2.23. The molecule has 2 rings (SSSR count). The molecule has 0 aliphatic rings. The summed E-state index contributed by atoms with van der Waals surface area (Å²) < 4.78 is 7.71. The van der Waals surface area contributed by atoms with Gasteiger partial charge in [-0.25, -0.2) is 0 Å². The van der Waals surface area contributed by atoms with Gasteiger partial charge in [0, 0.05) is 31.4 Å². The van der Waals surface area contributed by atoms with Crippen molar-refractivity contribution in [3.8, 4) is 5.75 Å². The molecular formula is C18H24N2O2. The van der Waals surface area contributed by atoms with Crippen molar-refractivity contribution in [1.82, 2.24) is 9.88 Å². The van der Waals surface area contributed by atoms with Crippen LogP contribution in [0.4, 0.5) is 0 Å². The molecular weight excluding hydrogens is 276 g/mol. The molecule has 0 fully saturated rings. The Balaban J connectivity index is 1.67. The topological polar surface area (TPSA) is 43.3 Å². The largest absolute Gasteiger partial charge is 0.494 e. The van der Waals surface area contributed by atoms with Gasteiger partial charge in [0.15, 0.2) is 0 Å². The standard InChI is InChI=1S/C18H24N2O2/c1-14-12-16(15(2)20(14)3)13-19-18(21)10-7-11-22-17-8-5-4-6-9-17/h4-6,8-9,12H,7,10-11,13H2,1-3H3,(H,19,21). The fourth-order valence-electron chi connectivity index (χ4n) is 2.33. The van der Waals surface area contributed by atoms with Crippen LogP contribution in [0.15, 0.2) is 36.4 Å². The summed E-state index contributed by atoms with van der Waals surface area (Å²) in [4.78, 5) is 11.9. The average molecular weight is 300 g/mol. The van der Waals surface area contributed by atoms with Gasteiger partial charge in [0.1, 0.15) is 5.75 Å². The molecule has 22 heavy (non-hydrogen) atoms. The number of rotatable bonds is 7. The van der Waals surface area contributed by atoms with Crippen LogP contribution in [0.1, 0.15) is 29.8 Å². The van der Waals surface area contributed by atoms with Crippen LogP contribution < -0.4 is 10.1 Å². The summed E-state index contributed by atoms with van der Waals surface area (Å²) in [6, 6.07) is 11.8. The number of nitrogens with zero attached hydrogens (tertiary/aromatic N) is 1. The van der Waals surface area contributed by atoms with Gasteiger partial charge in [-0.1, -0.05) is 18.2 Å². The Morgan fingerprint density at radius 1 is 1.23 bits per heavy atom. The minimum atomic E-state index is 0.0672. The molecule has 0 unspecified atom stereocenters. The quantitative estimate of drug-likeness (QED) is 0.798. The van der Waals surface area contributed by atoms with E-state index in [1.807, 2.05) is 37.4 Å². The van der Waals surface area contributed by atoms with Crippen molar-refractivity contribution in [3.63, 3.8) is 0 Å². The molecule has 0 atom stereocenters. The fraction of sp³-hybridized carbons (Fsp3) is 0.389. The van der Waals surface area contributed by atoms with Crippen molar-refractivity contribution in [2.24, 2.45) is 7.05 Å². The number of hydrogen-bond acceptors (Lipinski definition) is 2. The number of aryl methyl sites for hydroxylation is 1.